The van der Waals surface area contributed by atoms with E-state index in [1.165, 1.54) is 0 Å². The fourth-order valence-electron chi connectivity index (χ4n) is 5.97. The highest BCUT2D eigenvalue weighted by Crippen LogP contribution is 2.35. The molecule has 0 aromatic heterocycles. The van der Waals surface area contributed by atoms with Crippen molar-refractivity contribution >= 4 is 11.7 Å². The van der Waals surface area contributed by atoms with Crippen LogP contribution in [0.2, 0.25) is 0 Å². The smallest absolute Gasteiger partial charge is 0.321 e. The zero-order chi connectivity index (χ0) is 29.5. The number of likely N-dealkylation sites (tertiary alicyclic amines) is 1. The van der Waals surface area contributed by atoms with E-state index < -0.39 is 0 Å². The number of nitrogens with zero attached hydrogens (tertiary/aromatic N) is 4. The van der Waals surface area contributed by atoms with Crippen molar-refractivity contribution in [1.82, 2.24) is 9.80 Å². The first-order valence-corrected chi connectivity index (χ1v) is 14.2. The lowest BCUT2D eigenvalue weighted by Gasteiger charge is -2.41. The molecule has 2 amide bonds. The average molecular weight is 566 g/mol. The molecule has 2 aliphatic heterocycles. The number of nitriles is 2. The second-order valence-corrected chi connectivity index (χ2v) is 10.6. The van der Waals surface area contributed by atoms with Gasteiger partial charge in [-0.3, -0.25) is 4.90 Å². The molecule has 5 rings (SSSR count). The summed E-state index contributed by atoms with van der Waals surface area (Å²) in [4.78, 5) is 17.5. The molecule has 0 saturated carbocycles. The Kier molecular flexibility index (Phi) is 9.11. The van der Waals surface area contributed by atoms with E-state index in [1.54, 1.807) is 38.5 Å². The van der Waals surface area contributed by atoms with Crippen LogP contribution in [0.3, 0.4) is 0 Å². The van der Waals surface area contributed by atoms with E-state index in [1.807, 2.05) is 47.4 Å². The predicted molar refractivity (Wildman–Crippen MR) is 159 cm³/mol. The van der Waals surface area contributed by atoms with Gasteiger partial charge in [-0.1, -0.05) is 18.2 Å². The summed E-state index contributed by atoms with van der Waals surface area (Å²) < 4.78 is 17.3. The molecule has 2 heterocycles. The number of urea groups is 1. The van der Waals surface area contributed by atoms with Crippen molar-refractivity contribution in [2.75, 3.05) is 39.2 Å². The van der Waals surface area contributed by atoms with Gasteiger partial charge >= 0.3 is 6.03 Å². The number of anilines is 1. The van der Waals surface area contributed by atoms with E-state index >= 15 is 0 Å². The van der Waals surface area contributed by atoms with Crippen molar-refractivity contribution in [3.05, 3.63) is 83.4 Å². The molecule has 3 aromatic rings. The van der Waals surface area contributed by atoms with Crippen LogP contribution in [0.25, 0.3) is 0 Å². The topological polar surface area (TPSA) is 111 Å². The lowest BCUT2D eigenvalue weighted by atomic mass is 10.0. The number of carbonyl (C=O) groups is 1. The van der Waals surface area contributed by atoms with Gasteiger partial charge in [0.1, 0.15) is 11.9 Å². The third-order valence-electron chi connectivity index (χ3n) is 8.09. The summed E-state index contributed by atoms with van der Waals surface area (Å²) in [5.41, 5.74) is 2.78. The Morgan fingerprint density at radius 1 is 0.929 bits per heavy atom. The average Bonchev–Trinajstić information content (AvgIpc) is 3.25. The number of benzene rings is 3. The lowest BCUT2D eigenvalue weighted by molar-refractivity contribution is 0.0813. The van der Waals surface area contributed by atoms with E-state index in [0.717, 1.165) is 37.8 Å². The molecule has 3 atom stereocenters. The molecular weight excluding hydrogens is 530 g/mol. The summed E-state index contributed by atoms with van der Waals surface area (Å²) in [7, 11) is 3.20. The van der Waals surface area contributed by atoms with Crippen molar-refractivity contribution in [2.24, 2.45) is 0 Å². The van der Waals surface area contributed by atoms with Gasteiger partial charge in [-0.25, -0.2) is 4.79 Å². The lowest BCUT2D eigenvalue weighted by Crippen LogP contribution is -2.56. The maximum absolute atomic E-state index is 13.0. The van der Waals surface area contributed by atoms with Gasteiger partial charge in [-0.15, -0.1) is 0 Å². The van der Waals surface area contributed by atoms with Crippen LogP contribution >= 0.6 is 0 Å². The fraction of sp³-hybridized carbons (Fsp3) is 0.364. The van der Waals surface area contributed by atoms with E-state index in [9.17, 15) is 10.1 Å². The van der Waals surface area contributed by atoms with Crippen molar-refractivity contribution < 1.29 is 19.0 Å². The number of hydrogen-bond donors (Lipinski definition) is 1. The van der Waals surface area contributed by atoms with Crippen LogP contribution in [0, 0.1) is 22.7 Å². The molecule has 1 N–H and O–H groups in total. The summed E-state index contributed by atoms with van der Waals surface area (Å²) in [6, 6.07) is 24.9. The second-order valence-electron chi connectivity index (χ2n) is 10.6. The predicted octanol–water partition coefficient (Wildman–Crippen LogP) is 5.73. The van der Waals surface area contributed by atoms with Gasteiger partial charge in [-0.05, 0) is 80.3 Å². The van der Waals surface area contributed by atoms with Gasteiger partial charge in [-0.2, -0.15) is 10.5 Å². The molecule has 9 heteroatoms. The van der Waals surface area contributed by atoms with Crippen LogP contribution in [0.1, 0.15) is 48.5 Å². The summed E-state index contributed by atoms with van der Waals surface area (Å²) in [6.07, 6.45) is 3.64. The van der Waals surface area contributed by atoms with Crippen LogP contribution < -0.4 is 19.5 Å². The fourth-order valence-corrected chi connectivity index (χ4v) is 5.97. The zero-order valence-corrected chi connectivity index (χ0v) is 24.0. The first-order chi connectivity index (χ1) is 20.5. The maximum atomic E-state index is 13.0. The Labute approximate surface area is 246 Å². The normalized spacial score (nSPS) is 18.4. The molecular formula is C33H35N5O4. The molecule has 216 valence electrons. The molecule has 0 spiro atoms. The molecule has 3 aromatic carbocycles. The quantitative estimate of drug-likeness (QED) is 0.334. The summed E-state index contributed by atoms with van der Waals surface area (Å²) in [6.45, 7) is 2.28. The molecule has 3 unspecified atom stereocenters. The standard InChI is InChI=1S/C33H35N5O4/c1-40-31-15-14-29(18-32(31)41-2)42-30(25-10-8-23(19-34)9-11-25)7-4-16-38-27-12-13-28(38)22-37(21-27)33(39)36-26-6-3-5-24(17-26)20-35/h3,5-6,8-11,14-15,17-18,27-28,30H,4,7,12-13,16,21-22H2,1-2H3,(H,36,39). The molecule has 0 aliphatic carbocycles. The van der Waals surface area contributed by atoms with E-state index in [-0.39, 0.29) is 12.1 Å². The minimum Gasteiger partial charge on any atom is -0.493 e. The molecule has 2 saturated heterocycles. The molecule has 2 aliphatic rings. The molecule has 9 nitrogen and oxygen atoms in total. The largest absolute Gasteiger partial charge is 0.493 e. The highest BCUT2D eigenvalue weighted by Gasteiger charge is 2.41. The summed E-state index contributed by atoms with van der Waals surface area (Å²) >= 11 is 0. The van der Waals surface area contributed by atoms with E-state index in [4.69, 9.17) is 19.5 Å². The number of ether oxygens (including phenoxy) is 3. The van der Waals surface area contributed by atoms with Gasteiger partial charge in [0.2, 0.25) is 0 Å². The van der Waals surface area contributed by atoms with Crippen LogP contribution in [0.15, 0.2) is 66.7 Å². The molecule has 2 bridgehead atoms. The minimum atomic E-state index is -0.204. The van der Waals surface area contributed by atoms with Crippen LogP contribution in [-0.4, -0.2) is 61.8 Å². The number of hydrogen-bond acceptors (Lipinski definition) is 7. The highest BCUT2D eigenvalue weighted by molar-refractivity contribution is 5.89. The monoisotopic (exact) mass is 565 g/mol. The SMILES string of the molecule is COc1ccc(OC(CCCN2C3CCC2CN(C(=O)Nc2cccc(C#N)c2)C3)c2ccc(C#N)cc2)cc1OC. The van der Waals surface area contributed by atoms with Gasteiger partial charge in [0, 0.05) is 36.9 Å². The summed E-state index contributed by atoms with van der Waals surface area (Å²) in [5.74, 6) is 1.92. The summed E-state index contributed by atoms with van der Waals surface area (Å²) in [5, 5.41) is 21.4. The third-order valence-corrected chi connectivity index (χ3v) is 8.09. The third kappa shape index (κ3) is 6.59. The number of nitrogens with one attached hydrogen (secondary N) is 1. The molecule has 2 fully saturated rings. The number of carbonyl (C=O) groups excluding carboxylic acids is 1. The van der Waals surface area contributed by atoms with Crippen LogP contribution in [0.4, 0.5) is 10.5 Å². The van der Waals surface area contributed by atoms with E-state index in [0.29, 0.717) is 59.2 Å². The Balaban J connectivity index is 1.21. The first kappa shape index (κ1) is 28.8. The van der Waals surface area contributed by atoms with Crippen LogP contribution in [-0.2, 0) is 0 Å². The van der Waals surface area contributed by atoms with Crippen molar-refractivity contribution in [3.63, 3.8) is 0 Å². The second kappa shape index (κ2) is 13.3. The van der Waals surface area contributed by atoms with Crippen molar-refractivity contribution in [2.45, 2.75) is 43.9 Å². The molecule has 0 radical (unpaired) electrons. The number of fused-ring (bicyclic) bond motifs is 2. The minimum absolute atomic E-state index is 0.120. The number of rotatable bonds is 10. The molecule has 42 heavy (non-hydrogen) atoms. The van der Waals surface area contributed by atoms with Crippen LogP contribution in [0.5, 0.6) is 17.2 Å². The Bertz CT molecular complexity index is 1460. The van der Waals surface area contributed by atoms with Gasteiger partial charge in [0.15, 0.2) is 11.5 Å². The number of amides is 2. The Morgan fingerprint density at radius 2 is 1.64 bits per heavy atom. The van der Waals surface area contributed by atoms with Crippen molar-refractivity contribution in [1.29, 1.82) is 10.5 Å². The van der Waals surface area contributed by atoms with E-state index in [2.05, 4.69) is 22.4 Å². The Morgan fingerprint density at radius 3 is 2.31 bits per heavy atom. The number of methoxy groups -OCH3 is 2. The van der Waals surface area contributed by atoms with Gasteiger partial charge in [0.05, 0.1) is 37.5 Å². The highest BCUT2D eigenvalue weighted by atomic mass is 16.5. The Hall–Kier alpha value is -4.73. The van der Waals surface area contributed by atoms with Gasteiger partial charge in [0.25, 0.3) is 0 Å². The zero-order valence-electron chi connectivity index (χ0n) is 24.0. The number of piperazine rings is 1. The van der Waals surface area contributed by atoms with Crippen molar-refractivity contribution in [3.8, 4) is 29.4 Å². The maximum Gasteiger partial charge on any atom is 0.321 e. The first-order valence-electron chi connectivity index (χ1n) is 14.2. The van der Waals surface area contributed by atoms with Gasteiger partial charge < -0.3 is 24.4 Å².